The monoisotopic (exact) mass is 436 g/mol. The average Bonchev–Trinajstić information content (AvgIpc) is 3.34. The number of ether oxygens (including phenoxy) is 2. The van der Waals surface area contributed by atoms with Gasteiger partial charge in [0.25, 0.3) is 0 Å². The van der Waals surface area contributed by atoms with E-state index >= 15 is 0 Å². The zero-order valence-corrected chi connectivity index (χ0v) is 19.3. The fourth-order valence-corrected chi connectivity index (χ4v) is 5.65. The second kappa shape index (κ2) is 8.54. The van der Waals surface area contributed by atoms with Gasteiger partial charge in [-0.1, -0.05) is 13.0 Å². The van der Waals surface area contributed by atoms with Crippen LogP contribution in [0.2, 0.25) is 0 Å². The number of esters is 1. The lowest BCUT2D eigenvalue weighted by Gasteiger charge is -2.43. The summed E-state index contributed by atoms with van der Waals surface area (Å²) in [6.07, 6.45) is 2.83. The lowest BCUT2D eigenvalue weighted by molar-refractivity contribution is -0.157. The van der Waals surface area contributed by atoms with Crippen LogP contribution in [-0.2, 0) is 23.9 Å². The Morgan fingerprint density at radius 3 is 2.61 bits per heavy atom. The van der Waals surface area contributed by atoms with Gasteiger partial charge in [-0.05, 0) is 47.0 Å². The van der Waals surface area contributed by atoms with Crippen molar-refractivity contribution < 1.29 is 29.0 Å². The van der Waals surface area contributed by atoms with E-state index < -0.39 is 47.1 Å². The normalized spacial score (nSPS) is 32.7. The molecule has 3 fully saturated rings. The van der Waals surface area contributed by atoms with Crippen LogP contribution in [0.4, 0.5) is 0 Å². The molecule has 2 bridgehead atoms. The number of carbonyl (C=O) groups excluding carboxylic acids is 3. The zero-order valence-electron chi connectivity index (χ0n) is 19.3. The summed E-state index contributed by atoms with van der Waals surface area (Å²) in [5.74, 6) is -2.48. The maximum atomic E-state index is 14.0. The van der Waals surface area contributed by atoms with Crippen LogP contribution in [0.5, 0.6) is 0 Å². The fraction of sp³-hybridized carbons (Fsp3) is 0.783. The number of carbonyl (C=O) groups is 3. The summed E-state index contributed by atoms with van der Waals surface area (Å²) in [5, 5.41) is 10.0. The Balaban J connectivity index is 2.11. The minimum Gasteiger partial charge on any atom is -0.466 e. The molecule has 0 saturated carbocycles. The Bertz CT molecular complexity index is 743. The second-order valence-corrected chi connectivity index (χ2v) is 9.71. The molecule has 31 heavy (non-hydrogen) atoms. The van der Waals surface area contributed by atoms with Crippen LogP contribution in [0.25, 0.3) is 0 Å². The summed E-state index contributed by atoms with van der Waals surface area (Å²) in [7, 11) is 0. The smallest absolute Gasteiger partial charge is 0.312 e. The number of fused-ring (bicyclic) bond motifs is 1. The van der Waals surface area contributed by atoms with Crippen molar-refractivity contribution in [3.05, 3.63) is 12.7 Å². The fourth-order valence-electron chi connectivity index (χ4n) is 5.65. The Hall–Kier alpha value is -1.93. The van der Waals surface area contributed by atoms with Crippen molar-refractivity contribution >= 4 is 17.8 Å². The number of nitrogens with zero attached hydrogens (tertiary/aromatic N) is 2. The molecule has 0 aromatic carbocycles. The van der Waals surface area contributed by atoms with E-state index in [4.69, 9.17) is 9.47 Å². The Labute approximate surface area is 184 Å². The average molecular weight is 437 g/mol. The largest absolute Gasteiger partial charge is 0.466 e. The van der Waals surface area contributed by atoms with Crippen LogP contribution in [0.1, 0.15) is 53.9 Å². The van der Waals surface area contributed by atoms with E-state index in [1.54, 1.807) is 17.9 Å². The maximum Gasteiger partial charge on any atom is 0.312 e. The number of amides is 2. The first-order chi connectivity index (χ1) is 14.6. The van der Waals surface area contributed by atoms with Crippen LogP contribution >= 0.6 is 0 Å². The van der Waals surface area contributed by atoms with Crippen LogP contribution < -0.4 is 0 Å². The van der Waals surface area contributed by atoms with E-state index in [2.05, 4.69) is 6.58 Å². The molecule has 0 aromatic heterocycles. The third-order valence-electron chi connectivity index (χ3n) is 6.99. The molecule has 174 valence electrons. The van der Waals surface area contributed by atoms with E-state index in [1.165, 1.54) is 4.90 Å². The van der Waals surface area contributed by atoms with Crippen molar-refractivity contribution in [3.8, 4) is 0 Å². The molecule has 3 heterocycles. The topological polar surface area (TPSA) is 96.4 Å². The Kier molecular flexibility index (Phi) is 6.54. The molecule has 3 aliphatic heterocycles. The number of hydrogen-bond donors (Lipinski definition) is 1. The first-order valence-electron chi connectivity index (χ1n) is 11.3. The molecule has 0 aliphatic carbocycles. The lowest BCUT2D eigenvalue weighted by atomic mass is 9.70. The van der Waals surface area contributed by atoms with Crippen LogP contribution in [0.15, 0.2) is 12.7 Å². The molecule has 3 saturated heterocycles. The maximum absolute atomic E-state index is 14.0. The highest BCUT2D eigenvalue weighted by molar-refractivity contribution is 5.98. The van der Waals surface area contributed by atoms with Gasteiger partial charge in [-0.15, -0.1) is 6.58 Å². The first-order valence-corrected chi connectivity index (χ1v) is 11.3. The van der Waals surface area contributed by atoms with Gasteiger partial charge < -0.3 is 24.4 Å². The number of aliphatic hydroxyl groups excluding tert-OH is 1. The Morgan fingerprint density at radius 1 is 1.42 bits per heavy atom. The highest BCUT2D eigenvalue weighted by Gasteiger charge is 2.75. The van der Waals surface area contributed by atoms with Crippen LogP contribution in [0.3, 0.4) is 0 Å². The predicted octanol–water partition coefficient (Wildman–Crippen LogP) is 1.51. The molecule has 8 nitrogen and oxygen atoms in total. The predicted molar refractivity (Wildman–Crippen MR) is 114 cm³/mol. The molecule has 0 aromatic rings. The molecule has 6 atom stereocenters. The van der Waals surface area contributed by atoms with E-state index in [9.17, 15) is 19.5 Å². The third kappa shape index (κ3) is 3.57. The van der Waals surface area contributed by atoms with Crippen molar-refractivity contribution in [1.82, 2.24) is 9.80 Å². The summed E-state index contributed by atoms with van der Waals surface area (Å²) >= 11 is 0. The summed E-state index contributed by atoms with van der Waals surface area (Å²) in [5.41, 5.74) is -1.59. The molecule has 3 aliphatic rings. The zero-order chi connectivity index (χ0) is 23.1. The van der Waals surface area contributed by atoms with Gasteiger partial charge in [0, 0.05) is 12.1 Å². The molecular weight excluding hydrogens is 400 g/mol. The van der Waals surface area contributed by atoms with Crippen LogP contribution in [-0.4, -0.2) is 81.8 Å². The minimum atomic E-state index is -1.08. The minimum absolute atomic E-state index is 0.216. The Morgan fingerprint density at radius 2 is 2.10 bits per heavy atom. The molecule has 2 unspecified atom stereocenters. The van der Waals surface area contributed by atoms with Crippen LogP contribution in [0, 0.1) is 11.8 Å². The molecule has 0 radical (unpaired) electrons. The standard InChI is InChI=1S/C23H36N2O6/c1-7-12-24(22(4,5)6)20(28)18-23-11-10-15(31-23)16(21(29)30-9-3)17(23)19(27)25(18)14(8-2)13-26/h7,14-18,26H,1,8-13H2,2-6H3/t14-,15+,16-,17-,18?,23?/m0/s1. The SMILES string of the molecule is C=CCN(C(=O)C1N([C@@H](CC)CO)C(=O)[C@@H]2[C@@H](C(=O)OCC)[C@H]3CCC12O3)C(C)(C)C. The summed E-state index contributed by atoms with van der Waals surface area (Å²) in [6, 6.07) is -1.43. The molecule has 8 heteroatoms. The van der Waals surface area contributed by atoms with Gasteiger partial charge in [0.15, 0.2) is 0 Å². The first kappa shape index (κ1) is 23.7. The number of aliphatic hydroxyl groups is 1. The molecule has 3 rings (SSSR count). The van der Waals surface area contributed by atoms with Gasteiger partial charge in [-0.25, -0.2) is 0 Å². The van der Waals surface area contributed by atoms with Gasteiger partial charge in [0.05, 0.1) is 37.2 Å². The van der Waals surface area contributed by atoms with Crippen molar-refractivity contribution in [2.45, 2.75) is 83.2 Å². The second-order valence-electron chi connectivity index (χ2n) is 9.71. The van der Waals surface area contributed by atoms with Crippen molar-refractivity contribution in [1.29, 1.82) is 0 Å². The molecule has 2 amide bonds. The summed E-state index contributed by atoms with van der Waals surface area (Å²) < 4.78 is 11.6. The van der Waals surface area contributed by atoms with Crippen molar-refractivity contribution in [2.24, 2.45) is 11.8 Å². The third-order valence-corrected chi connectivity index (χ3v) is 6.99. The van der Waals surface area contributed by atoms with Gasteiger partial charge in [0.2, 0.25) is 11.8 Å². The molecule has 1 spiro atoms. The van der Waals surface area contributed by atoms with E-state index in [0.29, 0.717) is 25.8 Å². The number of likely N-dealkylation sites (tertiary alicyclic amines) is 1. The quantitative estimate of drug-likeness (QED) is 0.458. The van der Waals surface area contributed by atoms with Gasteiger partial charge in [0.1, 0.15) is 11.6 Å². The summed E-state index contributed by atoms with van der Waals surface area (Å²) in [6.45, 7) is 13.5. The van der Waals surface area contributed by atoms with E-state index in [1.807, 2.05) is 27.7 Å². The highest BCUT2D eigenvalue weighted by Crippen LogP contribution is 2.59. The highest BCUT2D eigenvalue weighted by atomic mass is 16.6. The lowest BCUT2D eigenvalue weighted by Crippen LogP contribution is -2.61. The number of hydrogen-bond acceptors (Lipinski definition) is 6. The van der Waals surface area contributed by atoms with Crippen molar-refractivity contribution in [3.63, 3.8) is 0 Å². The van der Waals surface area contributed by atoms with Crippen molar-refractivity contribution in [2.75, 3.05) is 19.8 Å². The van der Waals surface area contributed by atoms with Gasteiger partial charge in [-0.3, -0.25) is 14.4 Å². The molecular formula is C23H36N2O6. The van der Waals surface area contributed by atoms with E-state index in [0.717, 1.165) is 0 Å². The number of rotatable bonds is 8. The van der Waals surface area contributed by atoms with E-state index in [-0.39, 0.29) is 25.0 Å². The van der Waals surface area contributed by atoms with Gasteiger partial charge in [-0.2, -0.15) is 0 Å². The van der Waals surface area contributed by atoms with Gasteiger partial charge >= 0.3 is 5.97 Å². The summed E-state index contributed by atoms with van der Waals surface area (Å²) in [4.78, 5) is 43.7. The molecule has 1 N–H and O–H groups in total.